The average Bonchev–Trinajstić information content (AvgIpc) is 2.42. The first-order valence-corrected chi connectivity index (χ1v) is 5.91. The van der Waals surface area contributed by atoms with Crippen LogP contribution in [0.25, 0.3) is 0 Å². The van der Waals surface area contributed by atoms with Crippen molar-refractivity contribution in [3.8, 4) is 0 Å². The summed E-state index contributed by atoms with van der Waals surface area (Å²) in [6.45, 7) is 0. The molecule has 1 saturated heterocycles. The molecule has 0 bridgehead atoms. The van der Waals surface area contributed by atoms with Gasteiger partial charge in [0.25, 0.3) is 0 Å². The molecule has 2 atom stereocenters. The molecule has 0 spiro atoms. The van der Waals surface area contributed by atoms with Crippen LogP contribution in [-0.2, 0) is 0 Å². The monoisotopic (exact) mass is 200 g/mol. The van der Waals surface area contributed by atoms with Crippen molar-refractivity contribution in [2.45, 2.75) is 11.7 Å². The van der Waals surface area contributed by atoms with Gasteiger partial charge in [-0.2, -0.15) is 0 Å². The molecule has 70 valence electrons. The summed E-state index contributed by atoms with van der Waals surface area (Å²) in [6, 6.07) is 0. The van der Waals surface area contributed by atoms with Gasteiger partial charge in [0.05, 0.1) is 0 Å². The van der Waals surface area contributed by atoms with Crippen molar-refractivity contribution in [1.29, 1.82) is 0 Å². The Hall–Kier alpha value is -0.950. The Morgan fingerprint density at radius 1 is 1.07 bits per heavy atom. The van der Waals surface area contributed by atoms with Gasteiger partial charge in [-0.1, -0.05) is 48.6 Å². The summed E-state index contributed by atoms with van der Waals surface area (Å²) < 4.78 is 0. The Morgan fingerprint density at radius 2 is 2.07 bits per heavy atom. The highest BCUT2D eigenvalue weighted by atomic mass is 32.2. The van der Waals surface area contributed by atoms with Crippen molar-refractivity contribution in [2.24, 2.45) is 5.92 Å². The zero-order valence-corrected chi connectivity index (χ0v) is 8.71. The Balaban J connectivity index is 2.03. The van der Waals surface area contributed by atoms with Crippen molar-refractivity contribution in [2.75, 3.05) is 0 Å². The smallest absolute Gasteiger partial charge is 0.0493 e. The third kappa shape index (κ3) is 1.24. The van der Waals surface area contributed by atoms with E-state index in [4.69, 9.17) is 0 Å². The topological polar surface area (TPSA) is 0 Å². The fourth-order valence-corrected chi connectivity index (χ4v) is 3.60. The van der Waals surface area contributed by atoms with Crippen molar-refractivity contribution in [3.05, 3.63) is 59.1 Å². The van der Waals surface area contributed by atoms with Gasteiger partial charge in [-0.25, -0.2) is 0 Å². The van der Waals surface area contributed by atoms with Gasteiger partial charge in [-0.15, -0.1) is 11.8 Å². The molecule has 0 nitrogen and oxygen atoms in total. The standard InChI is InChI=1S/C13H12S/c1-2-6-10-11-7-4-5-9-13(11)14-12(10)8-3-1/h1-6,8-9,11-12H,7H2. The van der Waals surface area contributed by atoms with E-state index in [1.807, 2.05) is 11.8 Å². The Morgan fingerprint density at radius 3 is 3.07 bits per heavy atom. The van der Waals surface area contributed by atoms with Gasteiger partial charge < -0.3 is 0 Å². The van der Waals surface area contributed by atoms with Crippen LogP contribution in [0.15, 0.2) is 59.1 Å². The first kappa shape index (κ1) is 8.37. The molecule has 2 unspecified atom stereocenters. The van der Waals surface area contributed by atoms with Crippen LogP contribution in [0.3, 0.4) is 0 Å². The molecular weight excluding hydrogens is 188 g/mol. The van der Waals surface area contributed by atoms with Gasteiger partial charge in [-0.3, -0.25) is 0 Å². The van der Waals surface area contributed by atoms with Crippen molar-refractivity contribution < 1.29 is 0 Å². The molecule has 2 aliphatic carbocycles. The molecule has 0 aromatic heterocycles. The van der Waals surface area contributed by atoms with Crippen molar-refractivity contribution >= 4 is 11.8 Å². The summed E-state index contributed by atoms with van der Waals surface area (Å²) in [5, 5.41) is 0.584. The highest BCUT2D eigenvalue weighted by molar-refractivity contribution is 8.04. The summed E-state index contributed by atoms with van der Waals surface area (Å²) in [7, 11) is 0. The first-order valence-electron chi connectivity index (χ1n) is 5.03. The number of fused-ring (bicyclic) bond motifs is 3. The van der Waals surface area contributed by atoms with Crippen LogP contribution in [0, 0.1) is 5.92 Å². The van der Waals surface area contributed by atoms with E-state index in [0.717, 1.165) is 0 Å². The van der Waals surface area contributed by atoms with Crippen LogP contribution in [0.1, 0.15) is 6.42 Å². The second kappa shape index (κ2) is 3.32. The minimum Gasteiger partial charge on any atom is -0.118 e. The lowest BCUT2D eigenvalue weighted by Crippen LogP contribution is -2.04. The van der Waals surface area contributed by atoms with E-state index in [9.17, 15) is 0 Å². The van der Waals surface area contributed by atoms with E-state index in [1.165, 1.54) is 6.42 Å². The van der Waals surface area contributed by atoms with Gasteiger partial charge in [0.2, 0.25) is 0 Å². The summed E-state index contributed by atoms with van der Waals surface area (Å²) in [5.74, 6) is 0.669. The molecule has 1 fully saturated rings. The molecule has 0 N–H and O–H groups in total. The Bertz CT molecular complexity index is 393. The van der Waals surface area contributed by atoms with E-state index < -0.39 is 0 Å². The summed E-state index contributed by atoms with van der Waals surface area (Å²) in [4.78, 5) is 1.55. The zero-order valence-electron chi connectivity index (χ0n) is 7.89. The predicted molar refractivity (Wildman–Crippen MR) is 63.1 cm³/mol. The largest absolute Gasteiger partial charge is 0.118 e. The van der Waals surface area contributed by atoms with E-state index in [1.54, 1.807) is 10.5 Å². The van der Waals surface area contributed by atoms with E-state index in [-0.39, 0.29) is 0 Å². The second-order valence-corrected chi connectivity index (χ2v) is 4.98. The van der Waals surface area contributed by atoms with Crippen LogP contribution in [0.2, 0.25) is 0 Å². The minimum absolute atomic E-state index is 0.584. The van der Waals surface area contributed by atoms with Crippen molar-refractivity contribution in [1.82, 2.24) is 0 Å². The third-order valence-corrected chi connectivity index (χ3v) is 4.28. The normalized spacial score (nSPS) is 33.1. The molecule has 0 radical (unpaired) electrons. The first-order chi connectivity index (χ1) is 6.95. The van der Waals surface area contributed by atoms with Gasteiger partial charge >= 0.3 is 0 Å². The Kier molecular flexibility index (Phi) is 1.98. The lowest BCUT2D eigenvalue weighted by molar-refractivity contribution is 0.760. The molecule has 3 aliphatic rings. The summed E-state index contributed by atoms with van der Waals surface area (Å²) in [5.41, 5.74) is 1.58. The van der Waals surface area contributed by atoms with Gasteiger partial charge in [0, 0.05) is 11.2 Å². The highest BCUT2D eigenvalue weighted by Gasteiger charge is 2.33. The SMILES string of the molecule is C1=CC=C2C(C=C1)SC1=CC=CCC12. The summed E-state index contributed by atoms with van der Waals surface area (Å²) >= 11 is 2.01. The molecule has 0 saturated carbocycles. The number of hydrogen-bond acceptors (Lipinski definition) is 1. The fraction of sp³-hybridized carbons (Fsp3) is 0.231. The molecule has 3 rings (SSSR count). The van der Waals surface area contributed by atoms with E-state index in [0.29, 0.717) is 11.2 Å². The predicted octanol–water partition coefficient (Wildman–Crippen LogP) is 3.61. The Labute approximate surface area is 88.8 Å². The number of thioether (sulfide) groups is 1. The highest BCUT2D eigenvalue weighted by Crippen LogP contribution is 2.49. The minimum atomic E-state index is 0.584. The second-order valence-electron chi connectivity index (χ2n) is 3.76. The maximum atomic E-state index is 2.30. The van der Waals surface area contributed by atoms with Gasteiger partial charge in [0.1, 0.15) is 0 Å². The molecule has 0 amide bonds. The maximum Gasteiger partial charge on any atom is 0.0493 e. The lowest BCUT2D eigenvalue weighted by Gasteiger charge is -2.13. The van der Waals surface area contributed by atoms with Crippen molar-refractivity contribution in [3.63, 3.8) is 0 Å². The van der Waals surface area contributed by atoms with Crippen LogP contribution in [-0.4, -0.2) is 5.25 Å². The van der Waals surface area contributed by atoms with Crippen LogP contribution >= 0.6 is 11.8 Å². The third-order valence-electron chi connectivity index (χ3n) is 2.90. The zero-order chi connectivity index (χ0) is 9.38. The molecule has 14 heavy (non-hydrogen) atoms. The lowest BCUT2D eigenvalue weighted by atomic mass is 9.90. The van der Waals surface area contributed by atoms with E-state index >= 15 is 0 Å². The fourth-order valence-electron chi connectivity index (χ4n) is 2.20. The molecular formula is C13H12S. The molecule has 0 aromatic carbocycles. The summed E-state index contributed by atoms with van der Waals surface area (Å²) in [6.07, 6.45) is 18.9. The molecule has 1 aliphatic heterocycles. The van der Waals surface area contributed by atoms with Crippen LogP contribution in [0.4, 0.5) is 0 Å². The van der Waals surface area contributed by atoms with Crippen LogP contribution < -0.4 is 0 Å². The van der Waals surface area contributed by atoms with E-state index in [2.05, 4.69) is 48.6 Å². The number of rotatable bonds is 0. The van der Waals surface area contributed by atoms with Gasteiger partial charge in [-0.05, 0) is 16.9 Å². The van der Waals surface area contributed by atoms with Crippen LogP contribution in [0.5, 0.6) is 0 Å². The average molecular weight is 200 g/mol. The molecule has 1 heteroatoms. The number of hydrogen-bond donors (Lipinski definition) is 0. The maximum absolute atomic E-state index is 2.30. The van der Waals surface area contributed by atoms with Gasteiger partial charge in [0.15, 0.2) is 0 Å². The molecule has 1 heterocycles. The quantitative estimate of drug-likeness (QED) is 0.575. The molecule has 0 aromatic rings. The number of allylic oxidation sites excluding steroid dienone is 8.